The molecular formula is C19H22N2O6S. The van der Waals surface area contributed by atoms with Gasteiger partial charge in [0.05, 0.1) is 17.7 Å². The van der Waals surface area contributed by atoms with Gasteiger partial charge < -0.3 is 19.5 Å². The molecule has 2 aromatic carbocycles. The van der Waals surface area contributed by atoms with Gasteiger partial charge in [-0.25, -0.2) is 13.1 Å². The molecule has 0 aromatic heterocycles. The number of nitrogens with one attached hydrogen (secondary N) is 2. The Balaban J connectivity index is 1.84. The monoisotopic (exact) mass is 406 g/mol. The first-order valence-corrected chi connectivity index (χ1v) is 10.2. The van der Waals surface area contributed by atoms with Crippen LogP contribution < -0.4 is 24.2 Å². The number of hydrogen-bond acceptors (Lipinski definition) is 6. The Morgan fingerprint density at radius 3 is 2.50 bits per heavy atom. The van der Waals surface area contributed by atoms with Gasteiger partial charge in [-0.3, -0.25) is 4.79 Å². The Morgan fingerprint density at radius 1 is 1.11 bits per heavy atom. The fourth-order valence-electron chi connectivity index (χ4n) is 2.84. The van der Waals surface area contributed by atoms with Crippen molar-refractivity contribution in [3.63, 3.8) is 0 Å². The molecule has 0 saturated heterocycles. The van der Waals surface area contributed by atoms with Crippen LogP contribution in [0.1, 0.15) is 25.5 Å². The van der Waals surface area contributed by atoms with Crippen LogP contribution in [0.2, 0.25) is 0 Å². The van der Waals surface area contributed by atoms with Gasteiger partial charge in [0.2, 0.25) is 15.9 Å². The topological polar surface area (TPSA) is 103 Å². The zero-order valence-electron chi connectivity index (χ0n) is 15.8. The minimum absolute atomic E-state index is 0.0152. The van der Waals surface area contributed by atoms with E-state index in [-0.39, 0.29) is 16.5 Å². The van der Waals surface area contributed by atoms with E-state index in [2.05, 4.69) is 10.0 Å². The molecule has 1 aliphatic rings. The number of fused-ring (bicyclic) bond motifs is 1. The molecule has 0 aliphatic carbocycles. The molecule has 3 rings (SSSR count). The molecule has 2 aromatic rings. The standard InChI is InChI=1S/C19H22N2O6S/c1-12(14-4-6-18-19(10-14)27-9-8-26-18)21-28(23,24)15-5-7-17(25-3)16(11-15)20-13(2)22/h4-7,10-12,21H,8-9H2,1-3H3,(H,20,22). The number of sulfonamides is 1. The summed E-state index contributed by atoms with van der Waals surface area (Å²) in [6.45, 7) is 4.01. The Hall–Kier alpha value is -2.78. The van der Waals surface area contributed by atoms with Gasteiger partial charge in [0.25, 0.3) is 0 Å². The summed E-state index contributed by atoms with van der Waals surface area (Å²) in [7, 11) is -2.40. The second kappa shape index (κ2) is 8.07. The summed E-state index contributed by atoms with van der Waals surface area (Å²) in [6.07, 6.45) is 0. The van der Waals surface area contributed by atoms with Crippen molar-refractivity contribution in [1.82, 2.24) is 4.72 Å². The first kappa shape index (κ1) is 20.0. The van der Waals surface area contributed by atoms with Crippen molar-refractivity contribution in [3.8, 4) is 17.2 Å². The fraction of sp³-hybridized carbons (Fsp3) is 0.316. The van der Waals surface area contributed by atoms with Crippen LogP contribution in [0.5, 0.6) is 17.2 Å². The van der Waals surface area contributed by atoms with Crippen LogP contribution in [0, 0.1) is 0 Å². The molecule has 0 spiro atoms. The van der Waals surface area contributed by atoms with Gasteiger partial charge in [-0.15, -0.1) is 0 Å². The van der Waals surface area contributed by atoms with E-state index >= 15 is 0 Å². The number of amides is 1. The van der Waals surface area contributed by atoms with Crippen molar-refractivity contribution >= 4 is 21.6 Å². The Morgan fingerprint density at radius 2 is 1.82 bits per heavy atom. The smallest absolute Gasteiger partial charge is 0.241 e. The van der Waals surface area contributed by atoms with Crippen molar-refractivity contribution in [3.05, 3.63) is 42.0 Å². The number of benzene rings is 2. The molecule has 0 radical (unpaired) electrons. The third-order valence-electron chi connectivity index (χ3n) is 4.19. The van der Waals surface area contributed by atoms with Gasteiger partial charge in [-0.05, 0) is 42.8 Å². The van der Waals surface area contributed by atoms with Gasteiger partial charge in [0, 0.05) is 13.0 Å². The van der Waals surface area contributed by atoms with E-state index in [0.29, 0.717) is 30.5 Å². The third-order valence-corrected chi connectivity index (χ3v) is 5.73. The molecule has 150 valence electrons. The Labute approximate surface area is 163 Å². The van der Waals surface area contributed by atoms with Crippen LogP contribution in [-0.4, -0.2) is 34.6 Å². The van der Waals surface area contributed by atoms with E-state index in [1.54, 1.807) is 25.1 Å². The van der Waals surface area contributed by atoms with E-state index in [0.717, 1.165) is 5.56 Å². The molecule has 8 nitrogen and oxygen atoms in total. The van der Waals surface area contributed by atoms with Crippen molar-refractivity contribution in [2.75, 3.05) is 25.6 Å². The highest BCUT2D eigenvalue weighted by Crippen LogP contribution is 2.33. The fourth-order valence-corrected chi connectivity index (χ4v) is 4.10. The third kappa shape index (κ3) is 4.37. The minimum atomic E-state index is -3.84. The Kier molecular flexibility index (Phi) is 5.76. The summed E-state index contributed by atoms with van der Waals surface area (Å²) >= 11 is 0. The lowest BCUT2D eigenvalue weighted by Gasteiger charge is -2.21. The molecule has 1 unspecified atom stereocenters. The average Bonchev–Trinajstić information content (AvgIpc) is 2.66. The number of carbonyl (C=O) groups excluding carboxylic acids is 1. The lowest BCUT2D eigenvalue weighted by Crippen LogP contribution is -2.27. The zero-order valence-corrected chi connectivity index (χ0v) is 16.6. The number of methoxy groups -OCH3 is 1. The van der Waals surface area contributed by atoms with Gasteiger partial charge >= 0.3 is 0 Å². The zero-order chi connectivity index (χ0) is 20.3. The highest BCUT2D eigenvalue weighted by Gasteiger charge is 2.22. The first-order valence-electron chi connectivity index (χ1n) is 8.67. The number of carbonyl (C=O) groups is 1. The van der Waals surface area contributed by atoms with E-state index in [1.165, 1.54) is 32.2 Å². The predicted octanol–water partition coefficient (Wildman–Crippen LogP) is 2.46. The van der Waals surface area contributed by atoms with Crippen LogP contribution in [0.25, 0.3) is 0 Å². The number of hydrogen-bond donors (Lipinski definition) is 2. The minimum Gasteiger partial charge on any atom is -0.495 e. The molecule has 0 saturated carbocycles. The van der Waals surface area contributed by atoms with Crippen LogP contribution >= 0.6 is 0 Å². The first-order chi connectivity index (χ1) is 13.3. The van der Waals surface area contributed by atoms with Crippen LogP contribution in [0.3, 0.4) is 0 Å². The maximum absolute atomic E-state index is 12.8. The summed E-state index contributed by atoms with van der Waals surface area (Å²) in [5.41, 5.74) is 1.02. The molecule has 1 atom stereocenters. The molecule has 1 aliphatic heterocycles. The molecule has 9 heteroatoms. The normalized spacial score (nSPS) is 14.2. The molecule has 1 heterocycles. The second-order valence-corrected chi connectivity index (χ2v) is 8.00. The summed E-state index contributed by atoms with van der Waals surface area (Å²) in [5.74, 6) is 1.27. The van der Waals surface area contributed by atoms with Crippen molar-refractivity contribution in [2.45, 2.75) is 24.8 Å². The van der Waals surface area contributed by atoms with Gasteiger partial charge in [0.15, 0.2) is 11.5 Å². The summed E-state index contributed by atoms with van der Waals surface area (Å²) < 4.78 is 44.5. The lowest BCUT2D eigenvalue weighted by atomic mass is 10.1. The summed E-state index contributed by atoms with van der Waals surface area (Å²) in [6, 6.07) is 9.08. The SMILES string of the molecule is COc1ccc(S(=O)(=O)NC(C)c2ccc3c(c2)OCCO3)cc1NC(C)=O. The molecule has 2 N–H and O–H groups in total. The van der Waals surface area contributed by atoms with Crippen molar-refractivity contribution in [1.29, 1.82) is 0 Å². The maximum Gasteiger partial charge on any atom is 0.241 e. The summed E-state index contributed by atoms with van der Waals surface area (Å²) in [4.78, 5) is 11.4. The van der Waals surface area contributed by atoms with Crippen molar-refractivity contribution in [2.24, 2.45) is 0 Å². The predicted molar refractivity (Wildman–Crippen MR) is 103 cm³/mol. The Bertz CT molecular complexity index is 990. The number of anilines is 1. The largest absolute Gasteiger partial charge is 0.495 e. The molecule has 28 heavy (non-hydrogen) atoms. The summed E-state index contributed by atoms with van der Waals surface area (Å²) in [5, 5.41) is 2.57. The molecule has 1 amide bonds. The molecule has 0 fully saturated rings. The quantitative estimate of drug-likeness (QED) is 0.764. The van der Waals surface area contributed by atoms with Gasteiger partial charge in [-0.2, -0.15) is 0 Å². The van der Waals surface area contributed by atoms with Gasteiger partial charge in [-0.1, -0.05) is 6.07 Å². The highest BCUT2D eigenvalue weighted by molar-refractivity contribution is 7.89. The van der Waals surface area contributed by atoms with E-state index in [4.69, 9.17) is 14.2 Å². The van der Waals surface area contributed by atoms with E-state index < -0.39 is 16.1 Å². The van der Waals surface area contributed by atoms with Gasteiger partial charge in [0.1, 0.15) is 19.0 Å². The molecular weight excluding hydrogens is 384 g/mol. The maximum atomic E-state index is 12.8. The van der Waals surface area contributed by atoms with Crippen molar-refractivity contribution < 1.29 is 27.4 Å². The van der Waals surface area contributed by atoms with E-state index in [1.807, 2.05) is 0 Å². The molecule has 0 bridgehead atoms. The highest BCUT2D eigenvalue weighted by atomic mass is 32.2. The van der Waals surface area contributed by atoms with E-state index in [9.17, 15) is 13.2 Å². The van der Waals surface area contributed by atoms with Crippen LogP contribution in [0.15, 0.2) is 41.3 Å². The lowest BCUT2D eigenvalue weighted by molar-refractivity contribution is -0.114. The van der Waals surface area contributed by atoms with Crippen LogP contribution in [0.4, 0.5) is 5.69 Å². The number of ether oxygens (including phenoxy) is 3. The second-order valence-electron chi connectivity index (χ2n) is 6.29. The van der Waals surface area contributed by atoms with Crippen LogP contribution in [-0.2, 0) is 14.8 Å². The number of rotatable bonds is 6. The average molecular weight is 406 g/mol.